The van der Waals surface area contributed by atoms with E-state index < -0.39 is 0 Å². The largest absolute Gasteiger partial charge is 0.493 e. The van der Waals surface area contributed by atoms with Crippen molar-refractivity contribution in [3.63, 3.8) is 0 Å². The van der Waals surface area contributed by atoms with E-state index >= 15 is 0 Å². The maximum Gasteiger partial charge on any atom is 0.230 e. The van der Waals surface area contributed by atoms with Gasteiger partial charge in [0.2, 0.25) is 5.91 Å². The zero-order chi connectivity index (χ0) is 19.6. The maximum absolute atomic E-state index is 13.5. The lowest BCUT2D eigenvalue weighted by molar-refractivity contribution is -0.149. The molecule has 0 N–H and O–H groups in total. The molecule has 0 unspecified atom stereocenters. The standard InChI is InChI=1S/C22H33N3O3/c1-27-19-9-12-23-18(20(19)28-2)15-24-14-11-22(16-24)10-6-13-25(21(22)26)17-7-4-3-5-8-17/h9,12,17H,3-8,10-11,13-16H2,1-2H3/t22-/m1/s1. The van der Waals surface area contributed by atoms with E-state index in [4.69, 9.17) is 9.47 Å². The molecule has 2 saturated heterocycles. The summed E-state index contributed by atoms with van der Waals surface area (Å²) in [5.74, 6) is 1.82. The van der Waals surface area contributed by atoms with Crippen LogP contribution in [0.15, 0.2) is 12.3 Å². The number of piperidine rings is 1. The van der Waals surface area contributed by atoms with Gasteiger partial charge < -0.3 is 14.4 Å². The van der Waals surface area contributed by atoms with Crippen LogP contribution in [0.4, 0.5) is 0 Å². The Balaban J connectivity index is 1.46. The molecule has 3 aliphatic rings. The number of carbonyl (C=O) groups excluding carboxylic acids is 1. The van der Waals surface area contributed by atoms with Crippen molar-refractivity contribution >= 4 is 5.91 Å². The second-order valence-corrected chi connectivity index (χ2v) is 8.63. The van der Waals surface area contributed by atoms with Gasteiger partial charge in [-0.15, -0.1) is 0 Å². The average Bonchev–Trinajstić information content (AvgIpc) is 3.14. The number of ether oxygens (including phenoxy) is 2. The molecule has 1 aliphatic carbocycles. The minimum absolute atomic E-state index is 0.193. The molecule has 3 fully saturated rings. The summed E-state index contributed by atoms with van der Waals surface area (Å²) in [6.07, 6.45) is 11.1. The van der Waals surface area contributed by atoms with Gasteiger partial charge in [-0.05, 0) is 38.6 Å². The zero-order valence-corrected chi connectivity index (χ0v) is 17.3. The highest BCUT2D eigenvalue weighted by atomic mass is 16.5. The molecule has 6 nitrogen and oxygen atoms in total. The highest BCUT2D eigenvalue weighted by Crippen LogP contribution is 2.43. The van der Waals surface area contributed by atoms with E-state index in [9.17, 15) is 4.79 Å². The molecule has 1 saturated carbocycles. The third-order valence-electron chi connectivity index (χ3n) is 6.96. The Hall–Kier alpha value is -1.82. The predicted molar refractivity (Wildman–Crippen MR) is 107 cm³/mol. The van der Waals surface area contributed by atoms with E-state index in [0.717, 1.165) is 44.6 Å². The van der Waals surface area contributed by atoms with Crippen molar-refractivity contribution in [3.8, 4) is 11.5 Å². The molecule has 154 valence electrons. The molecule has 28 heavy (non-hydrogen) atoms. The monoisotopic (exact) mass is 387 g/mol. The summed E-state index contributed by atoms with van der Waals surface area (Å²) in [5, 5.41) is 0. The molecule has 1 atom stereocenters. The second-order valence-electron chi connectivity index (χ2n) is 8.63. The molecule has 1 amide bonds. The number of rotatable bonds is 5. The van der Waals surface area contributed by atoms with E-state index in [2.05, 4.69) is 14.8 Å². The van der Waals surface area contributed by atoms with E-state index in [1.165, 1.54) is 32.1 Å². The Labute approximate surface area is 168 Å². The van der Waals surface area contributed by atoms with Gasteiger partial charge in [-0.2, -0.15) is 0 Å². The summed E-state index contributed by atoms with van der Waals surface area (Å²) < 4.78 is 10.9. The Morgan fingerprint density at radius 1 is 1.11 bits per heavy atom. The van der Waals surface area contributed by atoms with Gasteiger partial charge in [-0.1, -0.05) is 19.3 Å². The number of amides is 1. The number of hydrogen-bond acceptors (Lipinski definition) is 5. The summed E-state index contributed by atoms with van der Waals surface area (Å²) in [4.78, 5) is 22.6. The highest BCUT2D eigenvalue weighted by molar-refractivity contribution is 5.84. The lowest BCUT2D eigenvalue weighted by Crippen LogP contribution is -2.54. The molecular weight excluding hydrogens is 354 g/mol. The first-order chi connectivity index (χ1) is 13.7. The zero-order valence-electron chi connectivity index (χ0n) is 17.3. The van der Waals surface area contributed by atoms with Gasteiger partial charge in [0.05, 0.1) is 19.6 Å². The summed E-state index contributed by atoms with van der Waals surface area (Å²) in [7, 11) is 3.30. The molecule has 0 radical (unpaired) electrons. The first-order valence-corrected chi connectivity index (χ1v) is 10.8. The van der Waals surface area contributed by atoms with Crippen molar-refractivity contribution in [2.75, 3.05) is 33.9 Å². The number of pyridine rings is 1. The Morgan fingerprint density at radius 3 is 2.68 bits per heavy atom. The van der Waals surface area contributed by atoms with Crippen LogP contribution in [0.1, 0.15) is 57.1 Å². The summed E-state index contributed by atoms with van der Waals surface area (Å²) in [6.45, 7) is 3.42. The fourth-order valence-corrected chi connectivity index (χ4v) is 5.49. The second kappa shape index (κ2) is 8.27. The molecule has 4 rings (SSSR count). The molecule has 1 aromatic heterocycles. The Bertz CT molecular complexity index is 704. The summed E-state index contributed by atoms with van der Waals surface area (Å²) >= 11 is 0. The number of nitrogens with zero attached hydrogens (tertiary/aromatic N) is 3. The molecule has 1 aromatic rings. The predicted octanol–water partition coefficient (Wildman–Crippen LogP) is 3.25. The molecule has 3 heterocycles. The van der Waals surface area contributed by atoms with Crippen LogP contribution in [0.25, 0.3) is 0 Å². The number of likely N-dealkylation sites (tertiary alicyclic amines) is 2. The van der Waals surface area contributed by atoms with Crippen molar-refractivity contribution in [1.29, 1.82) is 0 Å². The van der Waals surface area contributed by atoms with Crippen molar-refractivity contribution in [1.82, 2.24) is 14.8 Å². The van der Waals surface area contributed by atoms with Crippen LogP contribution < -0.4 is 9.47 Å². The summed E-state index contributed by atoms with van der Waals surface area (Å²) in [5.41, 5.74) is 0.688. The maximum atomic E-state index is 13.5. The molecule has 1 spiro atoms. The first kappa shape index (κ1) is 19.5. The lowest BCUT2D eigenvalue weighted by atomic mass is 9.77. The fraction of sp³-hybridized carbons (Fsp3) is 0.727. The number of methoxy groups -OCH3 is 2. The molecule has 0 bridgehead atoms. The van der Waals surface area contributed by atoms with Gasteiger partial charge in [-0.3, -0.25) is 14.7 Å². The molecule has 2 aliphatic heterocycles. The van der Waals surface area contributed by atoms with E-state index in [-0.39, 0.29) is 5.41 Å². The number of carbonyl (C=O) groups is 1. The van der Waals surface area contributed by atoms with E-state index in [1.54, 1.807) is 20.4 Å². The van der Waals surface area contributed by atoms with Crippen molar-refractivity contribution in [3.05, 3.63) is 18.0 Å². The van der Waals surface area contributed by atoms with Crippen LogP contribution in [0.5, 0.6) is 11.5 Å². The van der Waals surface area contributed by atoms with Crippen LogP contribution in [-0.4, -0.2) is 60.6 Å². The topological polar surface area (TPSA) is 54.9 Å². The fourth-order valence-electron chi connectivity index (χ4n) is 5.49. The summed E-state index contributed by atoms with van der Waals surface area (Å²) in [6, 6.07) is 2.30. The van der Waals surface area contributed by atoms with Gasteiger partial charge in [-0.25, -0.2) is 0 Å². The normalized spacial score (nSPS) is 26.8. The number of aromatic nitrogens is 1. The van der Waals surface area contributed by atoms with Gasteiger partial charge in [0.25, 0.3) is 0 Å². The van der Waals surface area contributed by atoms with Crippen LogP contribution in [0.2, 0.25) is 0 Å². The third kappa shape index (κ3) is 3.59. The molecule has 0 aromatic carbocycles. The highest BCUT2D eigenvalue weighted by Gasteiger charge is 2.49. The third-order valence-corrected chi connectivity index (χ3v) is 6.96. The van der Waals surface area contributed by atoms with Gasteiger partial charge in [0.15, 0.2) is 11.5 Å². The van der Waals surface area contributed by atoms with Crippen LogP contribution >= 0.6 is 0 Å². The smallest absolute Gasteiger partial charge is 0.230 e. The van der Waals surface area contributed by atoms with E-state index in [0.29, 0.717) is 30.0 Å². The molecular formula is C22H33N3O3. The van der Waals surface area contributed by atoms with Gasteiger partial charge >= 0.3 is 0 Å². The van der Waals surface area contributed by atoms with Crippen molar-refractivity contribution in [2.24, 2.45) is 5.41 Å². The van der Waals surface area contributed by atoms with Crippen molar-refractivity contribution < 1.29 is 14.3 Å². The lowest BCUT2D eigenvalue weighted by Gasteiger charge is -2.44. The average molecular weight is 388 g/mol. The minimum Gasteiger partial charge on any atom is -0.493 e. The van der Waals surface area contributed by atoms with Crippen LogP contribution in [0.3, 0.4) is 0 Å². The molecule has 6 heteroatoms. The van der Waals surface area contributed by atoms with Crippen LogP contribution in [0, 0.1) is 5.41 Å². The number of hydrogen-bond donors (Lipinski definition) is 0. The van der Waals surface area contributed by atoms with Gasteiger partial charge in [0, 0.05) is 37.9 Å². The Kier molecular flexibility index (Phi) is 5.76. The Morgan fingerprint density at radius 2 is 1.93 bits per heavy atom. The first-order valence-electron chi connectivity index (χ1n) is 10.8. The quantitative estimate of drug-likeness (QED) is 0.776. The SMILES string of the molecule is COc1ccnc(CN2CC[C@]3(CCCN(C4CCCCC4)C3=O)C2)c1OC. The van der Waals surface area contributed by atoms with Gasteiger partial charge in [0.1, 0.15) is 5.69 Å². The van der Waals surface area contributed by atoms with Crippen LogP contribution in [-0.2, 0) is 11.3 Å². The van der Waals surface area contributed by atoms with Crippen molar-refractivity contribution in [2.45, 2.75) is 64.0 Å². The van der Waals surface area contributed by atoms with E-state index in [1.807, 2.05) is 6.07 Å². The minimum atomic E-state index is -0.193.